The maximum absolute atomic E-state index is 11.4. The molecule has 2 N–H and O–H groups in total. The molecule has 0 saturated carbocycles. The molecule has 0 fully saturated rings. The Morgan fingerprint density at radius 1 is 1.33 bits per heavy atom. The molecule has 0 radical (unpaired) electrons. The van der Waals surface area contributed by atoms with Crippen LogP contribution in [0.5, 0.6) is 0 Å². The molecular formula is C8H15NO3. The minimum absolute atomic E-state index is 0.186. The normalized spacial score (nSPS) is 13.8. The fraction of sp³-hybridized carbons (Fsp3) is 0.750. The van der Waals surface area contributed by atoms with Gasteiger partial charge in [0.25, 0.3) is 5.91 Å². The lowest BCUT2D eigenvalue weighted by molar-refractivity contribution is -0.142. The van der Waals surface area contributed by atoms with E-state index >= 15 is 0 Å². The highest BCUT2D eigenvalue weighted by Gasteiger charge is 2.30. The Kier molecular flexibility index (Phi) is 3.39. The van der Waals surface area contributed by atoms with E-state index in [1.807, 2.05) is 0 Å². The van der Waals surface area contributed by atoms with Crippen LogP contribution in [0.3, 0.4) is 0 Å². The third-order valence-electron chi connectivity index (χ3n) is 1.64. The van der Waals surface area contributed by atoms with E-state index in [0.717, 1.165) is 0 Å². The van der Waals surface area contributed by atoms with E-state index in [9.17, 15) is 9.59 Å². The Balaban J connectivity index is 4.41. The largest absolute Gasteiger partial charge is 0.298 e. The summed E-state index contributed by atoms with van der Waals surface area (Å²) >= 11 is 0. The molecule has 70 valence electrons. The average molecular weight is 173 g/mol. The van der Waals surface area contributed by atoms with Crippen molar-refractivity contribution in [1.82, 2.24) is 5.48 Å². The van der Waals surface area contributed by atoms with Crippen LogP contribution < -0.4 is 5.48 Å². The molecule has 0 heterocycles. The quantitative estimate of drug-likeness (QED) is 0.368. The molecule has 0 aliphatic rings. The third kappa shape index (κ3) is 2.62. The van der Waals surface area contributed by atoms with E-state index < -0.39 is 17.2 Å². The summed E-state index contributed by atoms with van der Waals surface area (Å²) in [5.74, 6) is -1.64. The molecule has 0 aromatic rings. The van der Waals surface area contributed by atoms with Gasteiger partial charge in [-0.25, -0.2) is 5.48 Å². The number of hydrogen-bond acceptors (Lipinski definition) is 3. The lowest BCUT2D eigenvalue weighted by Crippen LogP contribution is -2.37. The second-order valence-electron chi connectivity index (χ2n) is 3.81. The van der Waals surface area contributed by atoms with E-state index in [4.69, 9.17) is 5.21 Å². The number of ketones is 1. The van der Waals surface area contributed by atoms with Crippen LogP contribution in [0.4, 0.5) is 0 Å². The zero-order valence-electron chi connectivity index (χ0n) is 7.84. The zero-order valence-corrected chi connectivity index (χ0v) is 7.84. The van der Waals surface area contributed by atoms with Crippen LogP contribution in [0.2, 0.25) is 0 Å². The number of carbonyl (C=O) groups is 2. The highest BCUT2D eigenvalue weighted by molar-refractivity contribution is 6.02. The van der Waals surface area contributed by atoms with Gasteiger partial charge in [0.1, 0.15) is 5.78 Å². The maximum Gasteiger partial charge on any atom is 0.253 e. The van der Waals surface area contributed by atoms with Crippen molar-refractivity contribution in [1.29, 1.82) is 0 Å². The smallest absolute Gasteiger partial charge is 0.253 e. The number of rotatable bonds is 2. The number of amides is 1. The summed E-state index contributed by atoms with van der Waals surface area (Å²) in [6, 6.07) is 0. The van der Waals surface area contributed by atoms with Gasteiger partial charge in [-0.3, -0.25) is 14.8 Å². The second-order valence-corrected chi connectivity index (χ2v) is 3.81. The van der Waals surface area contributed by atoms with Crippen molar-refractivity contribution in [2.24, 2.45) is 11.3 Å². The molecule has 0 spiro atoms. The highest BCUT2D eigenvalue weighted by atomic mass is 16.5. The summed E-state index contributed by atoms with van der Waals surface area (Å²) in [5.41, 5.74) is 0.908. The molecule has 0 bridgehead atoms. The number of nitrogens with one attached hydrogen (secondary N) is 1. The summed E-state index contributed by atoms with van der Waals surface area (Å²) in [4.78, 5) is 22.2. The maximum atomic E-state index is 11.4. The lowest BCUT2D eigenvalue weighted by atomic mass is 9.83. The molecule has 1 amide bonds. The van der Waals surface area contributed by atoms with Crippen molar-refractivity contribution >= 4 is 11.7 Å². The molecule has 0 aromatic carbocycles. The van der Waals surface area contributed by atoms with Crippen LogP contribution in [-0.2, 0) is 9.59 Å². The van der Waals surface area contributed by atoms with Crippen molar-refractivity contribution in [2.45, 2.75) is 27.7 Å². The highest BCUT2D eigenvalue weighted by Crippen LogP contribution is 2.19. The van der Waals surface area contributed by atoms with Gasteiger partial charge in [0.15, 0.2) is 0 Å². The second kappa shape index (κ2) is 3.67. The van der Waals surface area contributed by atoms with Gasteiger partial charge in [-0.05, 0) is 6.92 Å². The first-order valence-corrected chi connectivity index (χ1v) is 3.79. The van der Waals surface area contributed by atoms with E-state index in [2.05, 4.69) is 0 Å². The van der Waals surface area contributed by atoms with Gasteiger partial charge in [0.05, 0.1) is 5.92 Å². The van der Waals surface area contributed by atoms with Gasteiger partial charge in [-0.1, -0.05) is 20.8 Å². The third-order valence-corrected chi connectivity index (χ3v) is 1.64. The Hall–Kier alpha value is -0.900. The molecule has 1 unspecified atom stereocenters. The molecule has 0 saturated heterocycles. The number of hydrogen-bond donors (Lipinski definition) is 2. The van der Waals surface area contributed by atoms with E-state index in [-0.39, 0.29) is 5.78 Å². The monoisotopic (exact) mass is 173 g/mol. The van der Waals surface area contributed by atoms with Crippen LogP contribution in [0, 0.1) is 11.3 Å². The predicted octanol–water partition coefficient (Wildman–Crippen LogP) is 0.743. The fourth-order valence-electron chi connectivity index (χ4n) is 0.865. The Morgan fingerprint density at radius 3 is 2.00 bits per heavy atom. The Morgan fingerprint density at radius 2 is 1.75 bits per heavy atom. The van der Waals surface area contributed by atoms with Crippen molar-refractivity contribution in [2.75, 3.05) is 0 Å². The average Bonchev–Trinajstić information content (AvgIpc) is 1.98. The summed E-state index contributed by atoms with van der Waals surface area (Å²) < 4.78 is 0. The molecule has 0 aliphatic heterocycles. The molecule has 0 rings (SSSR count). The summed E-state index contributed by atoms with van der Waals surface area (Å²) in [6.45, 7) is 6.67. The molecule has 4 heteroatoms. The van der Waals surface area contributed by atoms with Gasteiger partial charge in [-0.15, -0.1) is 0 Å². The topological polar surface area (TPSA) is 66.4 Å². The van der Waals surface area contributed by atoms with Gasteiger partial charge in [0.2, 0.25) is 0 Å². The molecule has 1 atom stereocenters. The summed E-state index contributed by atoms with van der Waals surface area (Å²) in [7, 11) is 0. The first-order valence-electron chi connectivity index (χ1n) is 3.79. The minimum atomic E-state index is -0.796. The van der Waals surface area contributed by atoms with Gasteiger partial charge in [-0.2, -0.15) is 0 Å². The van der Waals surface area contributed by atoms with Crippen LogP contribution >= 0.6 is 0 Å². The van der Waals surface area contributed by atoms with Crippen molar-refractivity contribution in [3.05, 3.63) is 0 Å². The van der Waals surface area contributed by atoms with Crippen molar-refractivity contribution in [3.8, 4) is 0 Å². The van der Waals surface area contributed by atoms with Crippen molar-refractivity contribution in [3.63, 3.8) is 0 Å². The van der Waals surface area contributed by atoms with Gasteiger partial charge in [0, 0.05) is 5.41 Å². The van der Waals surface area contributed by atoms with E-state index in [0.29, 0.717) is 0 Å². The van der Waals surface area contributed by atoms with Crippen LogP contribution in [0.25, 0.3) is 0 Å². The van der Waals surface area contributed by atoms with Crippen LogP contribution in [0.1, 0.15) is 27.7 Å². The molecule has 12 heavy (non-hydrogen) atoms. The van der Waals surface area contributed by atoms with E-state index in [1.165, 1.54) is 12.4 Å². The number of carbonyl (C=O) groups excluding carboxylic acids is 2. The molecule has 0 aromatic heterocycles. The van der Waals surface area contributed by atoms with Crippen LogP contribution in [0.15, 0.2) is 0 Å². The molecular weight excluding hydrogens is 158 g/mol. The molecule has 0 aliphatic carbocycles. The number of Topliss-reactive ketones (excluding diaryl/α,β-unsaturated/α-hetero) is 1. The number of hydroxylamine groups is 1. The standard InChI is InChI=1S/C8H15NO3/c1-5(7(11)9-12)6(10)8(2,3)4/h5,12H,1-4H3,(H,9,11). The Labute approximate surface area is 71.9 Å². The molecule has 4 nitrogen and oxygen atoms in total. The van der Waals surface area contributed by atoms with Gasteiger partial charge < -0.3 is 0 Å². The first-order chi connectivity index (χ1) is 5.30. The summed E-state index contributed by atoms with van der Waals surface area (Å²) in [6.07, 6.45) is 0. The predicted molar refractivity (Wildman–Crippen MR) is 43.6 cm³/mol. The van der Waals surface area contributed by atoms with E-state index in [1.54, 1.807) is 20.8 Å². The Bertz CT molecular complexity index is 193. The fourth-order valence-corrected chi connectivity index (χ4v) is 0.865. The SMILES string of the molecule is CC(C(=O)NO)C(=O)C(C)(C)C. The van der Waals surface area contributed by atoms with Crippen molar-refractivity contribution < 1.29 is 14.8 Å². The summed E-state index contributed by atoms with van der Waals surface area (Å²) in [5, 5.41) is 8.27. The van der Waals surface area contributed by atoms with Gasteiger partial charge >= 0.3 is 0 Å². The zero-order chi connectivity index (χ0) is 9.94. The first kappa shape index (κ1) is 11.1. The lowest BCUT2D eigenvalue weighted by Gasteiger charge is -2.20. The van der Waals surface area contributed by atoms with Crippen LogP contribution in [-0.4, -0.2) is 16.9 Å². The minimum Gasteiger partial charge on any atom is -0.298 e.